The number of amides is 1. The third kappa shape index (κ3) is 4.09. The highest BCUT2D eigenvalue weighted by Gasteiger charge is 2.28. The highest BCUT2D eigenvalue weighted by atomic mass is 79.9. The molecule has 0 bridgehead atoms. The van der Waals surface area contributed by atoms with Crippen molar-refractivity contribution in [2.45, 2.75) is 25.3 Å². The second-order valence-corrected chi connectivity index (χ2v) is 5.52. The third-order valence-electron chi connectivity index (χ3n) is 3.26. The SMILES string of the molecule is COc1ccc(Br)cc1NC(=O)C1CCC(N)C1.Cl. The van der Waals surface area contributed by atoms with Crippen LogP contribution in [-0.2, 0) is 4.79 Å². The largest absolute Gasteiger partial charge is 0.495 e. The quantitative estimate of drug-likeness (QED) is 0.882. The summed E-state index contributed by atoms with van der Waals surface area (Å²) >= 11 is 3.38. The average molecular weight is 350 g/mol. The molecular formula is C13H18BrClN2O2. The summed E-state index contributed by atoms with van der Waals surface area (Å²) in [6, 6.07) is 5.69. The van der Waals surface area contributed by atoms with E-state index in [0.717, 1.165) is 23.7 Å². The number of nitrogens with one attached hydrogen (secondary N) is 1. The fraction of sp³-hybridized carbons (Fsp3) is 0.462. The second kappa shape index (κ2) is 7.12. The van der Waals surface area contributed by atoms with Gasteiger partial charge in [0, 0.05) is 16.4 Å². The lowest BCUT2D eigenvalue weighted by molar-refractivity contribution is -0.119. The highest BCUT2D eigenvalue weighted by molar-refractivity contribution is 9.10. The predicted molar refractivity (Wildman–Crippen MR) is 81.9 cm³/mol. The van der Waals surface area contributed by atoms with E-state index < -0.39 is 0 Å². The molecule has 4 nitrogen and oxygen atoms in total. The molecule has 6 heteroatoms. The van der Waals surface area contributed by atoms with E-state index in [4.69, 9.17) is 10.5 Å². The van der Waals surface area contributed by atoms with E-state index in [2.05, 4.69) is 21.2 Å². The van der Waals surface area contributed by atoms with E-state index in [0.29, 0.717) is 11.4 Å². The summed E-state index contributed by atoms with van der Waals surface area (Å²) < 4.78 is 6.13. The second-order valence-electron chi connectivity index (χ2n) is 4.60. The van der Waals surface area contributed by atoms with Crippen LogP contribution >= 0.6 is 28.3 Å². The number of hydrogen-bond donors (Lipinski definition) is 2. The van der Waals surface area contributed by atoms with Gasteiger partial charge in [-0.3, -0.25) is 4.79 Å². The zero-order chi connectivity index (χ0) is 13.1. The molecule has 1 saturated carbocycles. The molecule has 2 atom stereocenters. The van der Waals surface area contributed by atoms with Crippen LogP contribution in [0.1, 0.15) is 19.3 Å². The van der Waals surface area contributed by atoms with Crippen molar-refractivity contribution in [2.75, 3.05) is 12.4 Å². The summed E-state index contributed by atoms with van der Waals surface area (Å²) in [7, 11) is 1.59. The zero-order valence-electron chi connectivity index (χ0n) is 10.7. The molecule has 19 heavy (non-hydrogen) atoms. The van der Waals surface area contributed by atoms with E-state index in [-0.39, 0.29) is 30.3 Å². The van der Waals surface area contributed by atoms with Gasteiger partial charge in [0.25, 0.3) is 0 Å². The number of hydrogen-bond acceptors (Lipinski definition) is 3. The smallest absolute Gasteiger partial charge is 0.227 e. The van der Waals surface area contributed by atoms with Crippen LogP contribution < -0.4 is 15.8 Å². The molecule has 3 N–H and O–H groups in total. The maximum Gasteiger partial charge on any atom is 0.227 e. The van der Waals surface area contributed by atoms with Gasteiger partial charge in [-0.2, -0.15) is 0 Å². The number of rotatable bonds is 3. The van der Waals surface area contributed by atoms with E-state index in [1.807, 2.05) is 18.2 Å². The topological polar surface area (TPSA) is 64.3 Å². The van der Waals surface area contributed by atoms with Gasteiger partial charge in [-0.15, -0.1) is 12.4 Å². The average Bonchev–Trinajstić information content (AvgIpc) is 2.76. The summed E-state index contributed by atoms with van der Waals surface area (Å²) in [6.07, 6.45) is 2.55. The van der Waals surface area contributed by atoms with Crippen molar-refractivity contribution >= 4 is 39.9 Å². The molecule has 0 aromatic heterocycles. The van der Waals surface area contributed by atoms with Crippen LogP contribution in [-0.4, -0.2) is 19.1 Å². The first-order valence-electron chi connectivity index (χ1n) is 6.00. The molecule has 1 fully saturated rings. The summed E-state index contributed by atoms with van der Waals surface area (Å²) in [5, 5.41) is 2.92. The molecule has 1 aromatic carbocycles. The molecule has 1 aliphatic rings. The number of methoxy groups -OCH3 is 1. The number of halogens is 2. The van der Waals surface area contributed by atoms with Crippen molar-refractivity contribution in [1.82, 2.24) is 0 Å². The van der Waals surface area contributed by atoms with Crippen LogP contribution in [0.25, 0.3) is 0 Å². The van der Waals surface area contributed by atoms with Crippen molar-refractivity contribution in [1.29, 1.82) is 0 Å². The molecule has 1 aliphatic carbocycles. The van der Waals surface area contributed by atoms with Gasteiger partial charge in [0.15, 0.2) is 0 Å². The molecular weight excluding hydrogens is 332 g/mol. The minimum atomic E-state index is 0. The minimum absolute atomic E-state index is 0. The number of carbonyl (C=O) groups excluding carboxylic acids is 1. The van der Waals surface area contributed by atoms with Crippen LogP contribution in [0, 0.1) is 5.92 Å². The molecule has 0 radical (unpaired) electrons. The van der Waals surface area contributed by atoms with Gasteiger partial charge in [-0.25, -0.2) is 0 Å². The van der Waals surface area contributed by atoms with Gasteiger partial charge in [0.05, 0.1) is 12.8 Å². The number of carbonyl (C=O) groups is 1. The van der Waals surface area contributed by atoms with Gasteiger partial charge in [-0.05, 0) is 37.5 Å². The Labute approximate surface area is 127 Å². The zero-order valence-corrected chi connectivity index (χ0v) is 13.1. The summed E-state index contributed by atoms with van der Waals surface area (Å²) in [6.45, 7) is 0. The number of anilines is 1. The monoisotopic (exact) mass is 348 g/mol. The van der Waals surface area contributed by atoms with Crippen LogP contribution in [0.15, 0.2) is 22.7 Å². The molecule has 0 saturated heterocycles. The van der Waals surface area contributed by atoms with Crippen molar-refractivity contribution in [3.05, 3.63) is 22.7 Å². The van der Waals surface area contributed by atoms with Crippen LogP contribution in [0.5, 0.6) is 5.75 Å². The van der Waals surface area contributed by atoms with Crippen LogP contribution in [0.2, 0.25) is 0 Å². The molecule has 1 amide bonds. The summed E-state index contributed by atoms with van der Waals surface area (Å²) in [5.74, 6) is 0.705. The Bertz CT molecular complexity index is 456. The Hall–Kier alpha value is -0.780. The maximum atomic E-state index is 12.1. The molecule has 2 unspecified atom stereocenters. The lowest BCUT2D eigenvalue weighted by Gasteiger charge is -2.13. The Morgan fingerprint density at radius 1 is 1.47 bits per heavy atom. The molecule has 0 heterocycles. The molecule has 0 aliphatic heterocycles. The molecule has 0 spiro atoms. The lowest BCUT2D eigenvalue weighted by atomic mass is 10.1. The van der Waals surface area contributed by atoms with Crippen LogP contribution in [0.4, 0.5) is 5.69 Å². The van der Waals surface area contributed by atoms with Crippen LogP contribution in [0.3, 0.4) is 0 Å². The van der Waals surface area contributed by atoms with Gasteiger partial charge >= 0.3 is 0 Å². The van der Waals surface area contributed by atoms with Crippen molar-refractivity contribution in [3.63, 3.8) is 0 Å². The van der Waals surface area contributed by atoms with E-state index in [1.165, 1.54) is 0 Å². The highest BCUT2D eigenvalue weighted by Crippen LogP contribution is 2.30. The van der Waals surface area contributed by atoms with Gasteiger partial charge in [0.2, 0.25) is 5.91 Å². The number of nitrogens with two attached hydrogens (primary N) is 1. The third-order valence-corrected chi connectivity index (χ3v) is 3.76. The van der Waals surface area contributed by atoms with E-state index >= 15 is 0 Å². The molecule has 2 rings (SSSR count). The van der Waals surface area contributed by atoms with E-state index in [9.17, 15) is 4.79 Å². The molecule has 106 valence electrons. The Morgan fingerprint density at radius 2 is 2.21 bits per heavy atom. The Kier molecular flexibility index (Phi) is 6.10. The van der Waals surface area contributed by atoms with Gasteiger partial charge < -0.3 is 15.8 Å². The van der Waals surface area contributed by atoms with Crippen molar-refractivity contribution in [3.8, 4) is 5.75 Å². The first kappa shape index (κ1) is 16.3. The lowest BCUT2D eigenvalue weighted by Crippen LogP contribution is -2.23. The minimum Gasteiger partial charge on any atom is -0.495 e. The number of benzene rings is 1. The maximum absolute atomic E-state index is 12.1. The van der Waals surface area contributed by atoms with Gasteiger partial charge in [0.1, 0.15) is 5.75 Å². The Morgan fingerprint density at radius 3 is 2.79 bits per heavy atom. The number of ether oxygens (including phenoxy) is 1. The van der Waals surface area contributed by atoms with Crippen molar-refractivity contribution in [2.24, 2.45) is 11.7 Å². The fourth-order valence-corrected chi connectivity index (χ4v) is 2.63. The first-order chi connectivity index (χ1) is 8.60. The predicted octanol–water partition coefficient (Wildman–Crippen LogP) is 2.95. The van der Waals surface area contributed by atoms with E-state index in [1.54, 1.807) is 7.11 Å². The van der Waals surface area contributed by atoms with Gasteiger partial charge in [-0.1, -0.05) is 15.9 Å². The normalized spacial score (nSPS) is 21.6. The Balaban J connectivity index is 0.00000180. The standard InChI is InChI=1S/C13H17BrN2O2.ClH/c1-18-12-5-3-9(14)7-11(12)16-13(17)8-2-4-10(15)6-8;/h3,5,7-8,10H,2,4,6,15H2,1H3,(H,16,17);1H. The molecule has 1 aromatic rings. The fourth-order valence-electron chi connectivity index (χ4n) is 2.27. The summed E-state index contributed by atoms with van der Waals surface area (Å²) in [5.41, 5.74) is 6.52. The summed E-state index contributed by atoms with van der Waals surface area (Å²) in [4.78, 5) is 12.1. The van der Waals surface area contributed by atoms with Crippen molar-refractivity contribution < 1.29 is 9.53 Å². The first-order valence-corrected chi connectivity index (χ1v) is 6.79.